The Hall–Kier alpha value is -0.170. The Bertz CT molecular complexity index is 252. The average molecular weight is 208 g/mol. The number of hydrogen-bond acceptors (Lipinski definition) is 3. The van der Waals surface area contributed by atoms with Crippen LogP contribution in [0.1, 0.15) is 13.3 Å². The van der Waals surface area contributed by atoms with Gasteiger partial charge in [-0.1, -0.05) is 0 Å². The first kappa shape index (κ1) is 10.9. The third-order valence-electron chi connectivity index (χ3n) is 2.16. The second-order valence-corrected chi connectivity index (χ2v) is 4.85. The maximum atomic E-state index is 11.3. The van der Waals surface area contributed by atoms with E-state index in [0.717, 1.165) is 6.42 Å². The molecule has 1 heterocycles. The lowest BCUT2D eigenvalue weighted by molar-refractivity contribution is 0.172. The third kappa shape index (κ3) is 2.63. The predicted molar refractivity (Wildman–Crippen MR) is 49.6 cm³/mol. The van der Waals surface area contributed by atoms with Gasteiger partial charge in [0.1, 0.15) is 0 Å². The largest absolute Gasteiger partial charge is 0.385 e. The van der Waals surface area contributed by atoms with E-state index in [0.29, 0.717) is 19.7 Å². The first-order chi connectivity index (χ1) is 6.08. The summed E-state index contributed by atoms with van der Waals surface area (Å²) in [5.41, 5.74) is 0. The van der Waals surface area contributed by atoms with Gasteiger partial charge in [-0.3, -0.25) is 0 Å². The molecule has 1 saturated heterocycles. The van der Waals surface area contributed by atoms with Crippen LogP contribution in [-0.2, 0) is 14.9 Å². The van der Waals surface area contributed by atoms with Crippen LogP contribution in [0.5, 0.6) is 0 Å². The monoisotopic (exact) mass is 208 g/mol. The van der Waals surface area contributed by atoms with Crippen molar-refractivity contribution in [2.24, 2.45) is 0 Å². The van der Waals surface area contributed by atoms with E-state index >= 15 is 0 Å². The van der Waals surface area contributed by atoms with Crippen LogP contribution in [-0.4, -0.2) is 45.6 Å². The highest BCUT2D eigenvalue weighted by Gasteiger charge is 2.31. The van der Waals surface area contributed by atoms with E-state index in [1.807, 2.05) is 6.92 Å². The zero-order valence-corrected chi connectivity index (χ0v) is 8.80. The summed E-state index contributed by atoms with van der Waals surface area (Å²) in [6.07, 6.45) is 0.734. The molecule has 13 heavy (non-hydrogen) atoms. The maximum Gasteiger partial charge on any atom is 0.279 e. The van der Waals surface area contributed by atoms with Crippen LogP contribution in [0, 0.1) is 0 Å². The molecule has 1 aliphatic rings. The van der Waals surface area contributed by atoms with Crippen molar-refractivity contribution >= 4 is 10.2 Å². The summed E-state index contributed by atoms with van der Waals surface area (Å²) in [4.78, 5) is 0. The summed E-state index contributed by atoms with van der Waals surface area (Å²) in [6.45, 7) is 3.56. The Morgan fingerprint density at radius 1 is 1.62 bits per heavy atom. The van der Waals surface area contributed by atoms with Crippen molar-refractivity contribution in [1.82, 2.24) is 9.03 Å². The van der Waals surface area contributed by atoms with Crippen LogP contribution in [0.4, 0.5) is 0 Å². The molecule has 0 aromatic carbocycles. The summed E-state index contributed by atoms with van der Waals surface area (Å²) in [5, 5.41) is 0. The van der Waals surface area contributed by atoms with Gasteiger partial charge in [0.15, 0.2) is 0 Å². The van der Waals surface area contributed by atoms with Gasteiger partial charge in [0, 0.05) is 32.8 Å². The minimum atomic E-state index is -3.19. The fraction of sp³-hybridized carbons (Fsp3) is 1.00. The Morgan fingerprint density at radius 2 is 2.31 bits per heavy atom. The SMILES string of the molecule is COCCC(C)N1CCNS1(=O)=O. The zero-order chi connectivity index (χ0) is 9.90. The van der Waals surface area contributed by atoms with Gasteiger partial charge in [0.25, 0.3) is 10.2 Å². The standard InChI is InChI=1S/C7H16N2O3S/c1-7(3-6-12-2)9-5-4-8-13(9,10)11/h7-8H,3-6H2,1-2H3. The second-order valence-electron chi connectivity index (χ2n) is 3.14. The Morgan fingerprint density at radius 3 is 2.77 bits per heavy atom. The molecule has 1 fully saturated rings. The van der Waals surface area contributed by atoms with Crippen LogP contribution in [0.25, 0.3) is 0 Å². The quantitative estimate of drug-likeness (QED) is 0.681. The first-order valence-corrected chi connectivity index (χ1v) is 5.77. The van der Waals surface area contributed by atoms with E-state index in [1.54, 1.807) is 7.11 Å². The minimum absolute atomic E-state index is 0.0138. The summed E-state index contributed by atoms with van der Waals surface area (Å²) >= 11 is 0. The lowest BCUT2D eigenvalue weighted by Gasteiger charge is -2.21. The average Bonchev–Trinajstić information content (AvgIpc) is 2.41. The molecule has 1 atom stereocenters. The molecule has 0 aromatic rings. The summed E-state index contributed by atoms with van der Waals surface area (Å²) in [6, 6.07) is 0.0138. The molecule has 0 aromatic heterocycles. The molecule has 6 heteroatoms. The summed E-state index contributed by atoms with van der Waals surface area (Å²) in [5.74, 6) is 0. The van der Waals surface area contributed by atoms with Gasteiger partial charge in [-0.15, -0.1) is 0 Å². The molecule has 1 unspecified atom stereocenters. The van der Waals surface area contributed by atoms with Crippen molar-refractivity contribution in [2.45, 2.75) is 19.4 Å². The third-order valence-corrected chi connectivity index (χ3v) is 3.89. The van der Waals surface area contributed by atoms with Crippen molar-refractivity contribution in [1.29, 1.82) is 0 Å². The minimum Gasteiger partial charge on any atom is -0.385 e. The van der Waals surface area contributed by atoms with Crippen LogP contribution in [0.15, 0.2) is 0 Å². The molecule has 1 aliphatic heterocycles. The maximum absolute atomic E-state index is 11.3. The number of ether oxygens (including phenoxy) is 1. The smallest absolute Gasteiger partial charge is 0.279 e. The number of hydrogen-bond donors (Lipinski definition) is 1. The van der Waals surface area contributed by atoms with Gasteiger partial charge in [0.05, 0.1) is 0 Å². The number of nitrogens with one attached hydrogen (secondary N) is 1. The van der Waals surface area contributed by atoms with Crippen molar-refractivity contribution in [3.63, 3.8) is 0 Å². The van der Waals surface area contributed by atoms with E-state index in [9.17, 15) is 8.42 Å². The molecular weight excluding hydrogens is 192 g/mol. The van der Waals surface area contributed by atoms with Crippen molar-refractivity contribution in [3.05, 3.63) is 0 Å². The molecule has 5 nitrogen and oxygen atoms in total. The highest BCUT2D eigenvalue weighted by atomic mass is 32.2. The van der Waals surface area contributed by atoms with E-state index in [-0.39, 0.29) is 6.04 Å². The lowest BCUT2D eigenvalue weighted by atomic mass is 10.2. The van der Waals surface area contributed by atoms with Crippen LogP contribution in [0.3, 0.4) is 0 Å². The summed E-state index contributed by atoms with van der Waals surface area (Å²) in [7, 11) is -1.57. The Labute approximate surface area is 79.2 Å². The van der Waals surface area contributed by atoms with Gasteiger partial charge in [0.2, 0.25) is 0 Å². The highest BCUT2D eigenvalue weighted by molar-refractivity contribution is 7.87. The number of nitrogens with zero attached hydrogens (tertiary/aromatic N) is 1. The summed E-state index contributed by atoms with van der Waals surface area (Å²) < 4.78 is 31.5. The molecule has 0 radical (unpaired) electrons. The normalized spacial score (nSPS) is 24.8. The molecule has 1 rings (SSSR count). The first-order valence-electron chi connectivity index (χ1n) is 4.33. The zero-order valence-electron chi connectivity index (χ0n) is 7.99. The molecular formula is C7H16N2O3S. The van der Waals surface area contributed by atoms with E-state index < -0.39 is 10.2 Å². The second kappa shape index (κ2) is 4.36. The molecule has 78 valence electrons. The van der Waals surface area contributed by atoms with Gasteiger partial charge in [-0.25, -0.2) is 4.72 Å². The number of methoxy groups -OCH3 is 1. The lowest BCUT2D eigenvalue weighted by Crippen LogP contribution is -2.37. The van der Waals surface area contributed by atoms with Gasteiger partial charge in [-0.05, 0) is 13.3 Å². The van der Waals surface area contributed by atoms with Crippen molar-refractivity contribution in [2.75, 3.05) is 26.8 Å². The van der Waals surface area contributed by atoms with Gasteiger partial charge < -0.3 is 4.74 Å². The molecule has 0 saturated carbocycles. The van der Waals surface area contributed by atoms with Gasteiger partial charge in [-0.2, -0.15) is 12.7 Å². The molecule has 0 spiro atoms. The van der Waals surface area contributed by atoms with Crippen LogP contribution < -0.4 is 4.72 Å². The fourth-order valence-electron chi connectivity index (χ4n) is 1.38. The Balaban J connectivity index is 2.51. The van der Waals surface area contributed by atoms with E-state index in [1.165, 1.54) is 4.31 Å². The van der Waals surface area contributed by atoms with Gasteiger partial charge >= 0.3 is 0 Å². The van der Waals surface area contributed by atoms with Crippen molar-refractivity contribution < 1.29 is 13.2 Å². The van der Waals surface area contributed by atoms with Crippen LogP contribution >= 0.6 is 0 Å². The number of rotatable bonds is 4. The van der Waals surface area contributed by atoms with Crippen LogP contribution in [0.2, 0.25) is 0 Å². The van der Waals surface area contributed by atoms with E-state index in [2.05, 4.69) is 4.72 Å². The Kier molecular flexibility index (Phi) is 3.66. The van der Waals surface area contributed by atoms with Crippen molar-refractivity contribution in [3.8, 4) is 0 Å². The fourth-order valence-corrected chi connectivity index (χ4v) is 2.80. The predicted octanol–water partition coefficient (Wildman–Crippen LogP) is -0.439. The van der Waals surface area contributed by atoms with E-state index in [4.69, 9.17) is 4.74 Å². The molecule has 0 amide bonds. The molecule has 0 bridgehead atoms. The molecule has 1 N–H and O–H groups in total. The highest BCUT2D eigenvalue weighted by Crippen LogP contribution is 2.12. The molecule has 0 aliphatic carbocycles. The topological polar surface area (TPSA) is 58.6 Å².